The van der Waals surface area contributed by atoms with Gasteiger partial charge in [-0.1, -0.05) is 36.4 Å². The first-order valence-electron chi connectivity index (χ1n) is 9.87. The SMILES string of the molecule is O=C(Cc1ccc2c(c1)OCCO2)Oc1ccc2c(=O)c(-c3ccccc3)coc2c1. The third-order valence-corrected chi connectivity index (χ3v) is 5.02. The van der Waals surface area contributed by atoms with E-state index in [2.05, 4.69) is 0 Å². The van der Waals surface area contributed by atoms with Gasteiger partial charge in [-0.2, -0.15) is 0 Å². The van der Waals surface area contributed by atoms with Gasteiger partial charge >= 0.3 is 5.97 Å². The molecule has 1 aliphatic heterocycles. The fourth-order valence-electron chi connectivity index (χ4n) is 3.52. The van der Waals surface area contributed by atoms with Crippen molar-refractivity contribution in [1.82, 2.24) is 0 Å². The van der Waals surface area contributed by atoms with Gasteiger partial charge in [-0.15, -0.1) is 0 Å². The van der Waals surface area contributed by atoms with Crippen molar-refractivity contribution < 1.29 is 23.4 Å². The lowest BCUT2D eigenvalue weighted by Crippen LogP contribution is -2.16. The van der Waals surface area contributed by atoms with Crippen LogP contribution in [0.3, 0.4) is 0 Å². The molecule has 0 fully saturated rings. The zero-order chi connectivity index (χ0) is 21.2. The smallest absolute Gasteiger partial charge is 0.315 e. The van der Waals surface area contributed by atoms with Crippen LogP contribution in [0, 0.1) is 0 Å². The highest BCUT2D eigenvalue weighted by molar-refractivity contribution is 5.84. The number of fused-ring (bicyclic) bond motifs is 2. The van der Waals surface area contributed by atoms with Gasteiger partial charge in [0.2, 0.25) is 0 Å². The van der Waals surface area contributed by atoms with E-state index in [1.165, 1.54) is 6.26 Å². The molecule has 5 rings (SSSR count). The Hall–Kier alpha value is -4.06. The fraction of sp³-hybridized carbons (Fsp3) is 0.120. The molecule has 1 aliphatic rings. The molecule has 0 saturated heterocycles. The minimum Gasteiger partial charge on any atom is -0.486 e. The van der Waals surface area contributed by atoms with Crippen molar-refractivity contribution in [1.29, 1.82) is 0 Å². The maximum absolute atomic E-state index is 12.8. The maximum atomic E-state index is 12.8. The number of ether oxygens (including phenoxy) is 3. The van der Waals surface area contributed by atoms with Gasteiger partial charge < -0.3 is 18.6 Å². The Morgan fingerprint density at radius 2 is 1.71 bits per heavy atom. The lowest BCUT2D eigenvalue weighted by molar-refractivity contribution is -0.133. The van der Waals surface area contributed by atoms with Gasteiger partial charge in [-0.05, 0) is 35.4 Å². The zero-order valence-electron chi connectivity index (χ0n) is 16.5. The summed E-state index contributed by atoms with van der Waals surface area (Å²) in [5.41, 5.74) is 2.24. The molecule has 0 aliphatic carbocycles. The molecule has 1 aromatic heterocycles. The first-order valence-corrected chi connectivity index (χ1v) is 9.87. The van der Waals surface area contributed by atoms with E-state index in [1.54, 1.807) is 36.4 Å². The quantitative estimate of drug-likeness (QED) is 0.364. The van der Waals surface area contributed by atoms with Crippen LogP contribution in [-0.4, -0.2) is 19.2 Å². The van der Waals surface area contributed by atoms with Gasteiger partial charge in [0.05, 0.1) is 17.4 Å². The highest BCUT2D eigenvalue weighted by Crippen LogP contribution is 2.31. The van der Waals surface area contributed by atoms with E-state index < -0.39 is 5.97 Å². The van der Waals surface area contributed by atoms with Crippen molar-refractivity contribution in [3.05, 3.63) is 88.8 Å². The molecule has 4 aromatic rings. The van der Waals surface area contributed by atoms with E-state index in [4.69, 9.17) is 18.6 Å². The second kappa shape index (κ2) is 7.99. The summed E-state index contributed by atoms with van der Waals surface area (Å²) in [7, 11) is 0. The Kier molecular flexibility index (Phi) is 4.88. The van der Waals surface area contributed by atoms with Gasteiger partial charge in [0.15, 0.2) is 16.9 Å². The summed E-state index contributed by atoms with van der Waals surface area (Å²) in [5.74, 6) is 1.17. The molecule has 0 bridgehead atoms. The van der Waals surface area contributed by atoms with Crippen molar-refractivity contribution in [2.24, 2.45) is 0 Å². The predicted molar refractivity (Wildman–Crippen MR) is 115 cm³/mol. The highest BCUT2D eigenvalue weighted by Gasteiger charge is 2.15. The van der Waals surface area contributed by atoms with Crippen molar-refractivity contribution in [2.45, 2.75) is 6.42 Å². The number of benzene rings is 3. The highest BCUT2D eigenvalue weighted by atomic mass is 16.6. The van der Waals surface area contributed by atoms with E-state index in [1.807, 2.05) is 30.3 Å². The summed E-state index contributed by atoms with van der Waals surface area (Å²) in [6.45, 7) is 0.995. The minimum absolute atomic E-state index is 0.0750. The van der Waals surface area contributed by atoms with Crippen LogP contribution in [-0.2, 0) is 11.2 Å². The van der Waals surface area contributed by atoms with Gasteiger partial charge in [0.1, 0.15) is 30.8 Å². The van der Waals surface area contributed by atoms with Gasteiger partial charge in [0.25, 0.3) is 0 Å². The lowest BCUT2D eigenvalue weighted by atomic mass is 10.1. The van der Waals surface area contributed by atoms with Crippen LogP contribution in [0.15, 0.2) is 82.2 Å². The zero-order valence-corrected chi connectivity index (χ0v) is 16.5. The molecule has 0 atom stereocenters. The molecular weight excluding hydrogens is 396 g/mol. The van der Waals surface area contributed by atoms with Gasteiger partial charge in [-0.25, -0.2) is 0 Å². The molecule has 31 heavy (non-hydrogen) atoms. The van der Waals surface area contributed by atoms with Crippen LogP contribution >= 0.6 is 0 Å². The summed E-state index contributed by atoms with van der Waals surface area (Å²) in [5, 5.41) is 0.424. The molecule has 0 spiro atoms. The topological polar surface area (TPSA) is 75.0 Å². The van der Waals surface area contributed by atoms with E-state index in [0.717, 1.165) is 11.1 Å². The number of carbonyl (C=O) groups excluding carboxylic acids is 1. The van der Waals surface area contributed by atoms with Crippen LogP contribution in [0.1, 0.15) is 5.56 Å². The Morgan fingerprint density at radius 3 is 2.55 bits per heavy atom. The van der Waals surface area contributed by atoms with Gasteiger partial charge in [-0.3, -0.25) is 9.59 Å². The summed E-state index contributed by atoms with van der Waals surface area (Å²) in [6, 6.07) is 19.4. The second-order valence-corrected chi connectivity index (χ2v) is 7.13. The Bertz CT molecular complexity index is 1320. The molecule has 6 heteroatoms. The van der Waals surface area contributed by atoms with Crippen LogP contribution in [0.2, 0.25) is 0 Å². The number of rotatable bonds is 4. The number of carbonyl (C=O) groups is 1. The monoisotopic (exact) mass is 414 g/mol. The average molecular weight is 414 g/mol. The van der Waals surface area contributed by atoms with E-state index >= 15 is 0 Å². The Labute approximate surface area is 177 Å². The molecule has 6 nitrogen and oxygen atoms in total. The summed E-state index contributed by atoms with van der Waals surface area (Å²) in [4.78, 5) is 25.2. The minimum atomic E-state index is -0.431. The molecule has 0 radical (unpaired) electrons. The van der Waals surface area contributed by atoms with Crippen LogP contribution in [0.25, 0.3) is 22.1 Å². The normalized spacial score (nSPS) is 12.5. The molecule has 0 unspecified atom stereocenters. The molecule has 0 N–H and O–H groups in total. The van der Waals surface area contributed by atoms with E-state index in [0.29, 0.717) is 47.0 Å². The Balaban J connectivity index is 1.35. The van der Waals surface area contributed by atoms with Crippen LogP contribution in [0.5, 0.6) is 17.2 Å². The molecular formula is C25H18O6. The maximum Gasteiger partial charge on any atom is 0.315 e. The molecule has 0 saturated carbocycles. The Morgan fingerprint density at radius 1 is 0.903 bits per heavy atom. The predicted octanol–water partition coefficient (Wildman–Crippen LogP) is 4.38. The second-order valence-electron chi connectivity index (χ2n) is 7.13. The largest absolute Gasteiger partial charge is 0.486 e. The van der Waals surface area contributed by atoms with E-state index in [9.17, 15) is 9.59 Å². The third-order valence-electron chi connectivity index (χ3n) is 5.02. The third kappa shape index (κ3) is 3.88. The summed E-state index contributed by atoms with van der Waals surface area (Å²) >= 11 is 0. The standard InChI is InChI=1S/C25H18O6/c26-24(13-16-6-9-21-23(12-16)29-11-10-28-21)31-18-7-8-19-22(14-18)30-15-20(25(19)27)17-4-2-1-3-5-17/h1-9,12,14-15H,10-11,13H2. The van der Waals surface area contributed by atoms with Crippen LogP contribution in [0.4, 0.5) is 0 Å². The number of hydrogen-bond donors (Lipinski definition) is 0. The molecule has 0 amide bonds. The average Bonchev–Trinajstić information content (AvgIpc) is 2.80. The summed E-state index contributed by atoms with van der Waals surface area (Å²) in [6.07, 6.45) is 1.51. The molecule has 154 valence electrons. The van der Waals surface area contributed by atoms with Crippen LogP contribution < -0.4 is 19.6 Å². The summed E-state index contributed by atoms with van der Waals surface area (Å²) < 4.78 is 22.1. The number of esters is 1. The first-order chi connectivity index (χ1) is 15.2. The van der Waals surface area contributed by atoms with Gasteiger partial charge in [0, 0.05) is 6.07 Å². The first kappa shape index (κ1) is 18.9. The van der Waals surface area contributed by atoms with Crippen molar-refractivity contribution >= 4 is 16.9 Å². The fourth-order valence-corrected chi connectivity index (χ4v) is 3.52. The number of hydrogen-bond acceptors (Lipinski definition) is 6. The molecule has 3 aromatic carbocycles. The van der Waals surface area contributed by atoms with Crippen molar-refractivity contribution in [2.75, 3.05) is 13.2 Å². The lowest BCUT2D eigenvalue weighted by Gasteiger charge is -2.18. The van der Waals surface area contributed by atoms with E-state index in [-0.39, 0.29) is 11.8 Å². The molecule has 2 heterocycles. The van der Waals surface area contributed by atoms with Crippen molar-refractivity contribution in [3.8, 4) is 28.4 Å². The van der Waals surface area contributed by atoms with Crippen molar-refractivity contribution in [3.63, 3.8) is 0 Å².